The molecule has 1 aromatic heterocycles. The fourth-order valence-electron chi connectivity index (χ4n) is 3.59. The lowest BCUT2D eigenvalue weighted by Crippen LogP contribution is -2.40. The summed E-state index contributed by atoms with van der Waals surface area (Å²) >= 11 is 1.26. The SMILES string of the molecule is CCOc1ccc(NC(=O)c2sc3ccc(F)cc3c2C)cc1S(=O)(=O)N1CCOCC1. The van der Waals surface area contributed by atoms with Crippen LogP contribution in [-0.2, 0) is 14.8 Å². The van der Waals surface area contributed by atoms with E-state index < -0.39 is 10.0 Å². The lowest BCUT2D eigenvalue weighted by Gasteiger charge is -2.27. The van der Waals surface area contributed by atoms with Crippen molar-refractivity contribution in [3.63, 3.8) is 0 Å². The number of fused-ring (bicyclic) bond motifs is 1. The topological polar surface area (TPSA) is 84.9 Å². The minimum absolute atomic E-state index is 0.00539. The van der Waals surface area contributed by atoms with Crippen molar-refractivity contribution in [2.24, 2.45) is 0 Å². The zero-order valence-corrected chi connectivity index (χ0v) is 19.3. The number of benzene rings is 2. The van der Waals surface area contributed by atoms with Crippen LogP contribution in [-0.4, -0.2) is 51.5 Å². The first kappa shape index (κ1) is 22.7. The normalized spacial score (nSPS) is 15.1. The standard InChI is InChI=1S/C22H23FN2O5S2/c1-3-30-18-6-5-16(13-20(18)32(27,28)25-8-10-29-11-9-25)24-22(26)21-14(2)17-12-15(23)4-7-19(17)31-21/h4-7,12-13H,3,8-11H2,1-2H3,(H,24,26). The van der Waals surface area contributed by atoms with Crippen LogP contribution in [0, 0.1) is 12.7 Å². The molecular formula is C22H23FN2O5S2. The molecule has 0 aliphatic carbocycles. The third-order valence-electron chi connectivity index (χ3n) is 5.19. The van der Waals surface area contributed by atoms with Crippen molar-refractivity contribution in [2.75, 3.05) is 38.2 Å². The first-order valence-electron chi connectivity index (χ1n) is 10.2. The van der Waals surface area contributed by atoms with Gasteiger partial charge in [-0.1, -0.05) is 0 Å². The molecule has 0 atom stereocenters. The highest BCUT2D eigenvalue weighted by atomic mass is 32.2. The smallest absolute Gasteiger partial charge is 0.266 e. The predicted octanol–water partition coefficient (Wildman–Crippen LogP) is 4.02. The summed E-state index contributed by atoms with van der Waals surface area (Å²) < 4.78 is 53.0. The number of sulfonamides is 1. The third kappa shape index (κ3) is 4.36. The van der Waals surface area contributed by atoms with Crippen LogP contribution in [0.15, 0.2) is 41.3 Å². The molecule has 1 saturated heterocycles. The Hall–Kier alpha value is -2.53. The number of carbonyl (C=O) groups excluding carboxylic acids is 1. The van der Waals surface area contributed by atoms with E-state index in [0.717, 1.165) is 4.70 Å². The molecule has 2 aromatic carbocycles. The van der Waals surface area contributed by atoms with Gasteiger partial charge in [-0.15, -0.1) is 11.3 Å². The minimum atomic E-state index is -3.83. The molecule has 0 radical (unpaired) electrons. The largest absolute Gasteiger partial charge is 0.492 e. The molecule has 3 aromatic rings. The van der Waals surface area contributed by atoms with Crippen molar-refractivity contribution in [2.45, 2.75) is 18.7 Å². The number of halogens is 1. The first-order chi connectivity index (χ1) is 15.3. The summed E-state index contributed by atoms with van der Waals surface area (Å²) in [6, 6.07) is 8.96. The lowest BCUT2D eigenvalue weighted by molar-refractivity contribution is 0.0729. The van der Waals surface area contributed by atoms with Gasteiger partial charge in [0.15, 0.2) is 0 Å². The zero-order valence-electron chi connectivity index (χ0n) is 17.7. The number of nitrogens with one attached hydrogen (secondary N) is 1. The van der Waals surface area contributed by atoms with Crippen LogP contribution in [0.2, 0.25) is 0 Å². The number of anilines is 1. The second-order valence-electron chi connectivity index (χ2n) is 7.26. The van der Waals surface area contributed by atoms with Gasteiger partial charge in [0.25, 0.3) is 5.91 Å². The van der Waals surface area contributed by atoms with Crippen LogP contribution < -0.4 is 10.1 Å². The average molecular weight is 479 g/mol. The van der Waals surface area contributed by atoms with E-state index >= 15 is 0 Å². The number of hydrogen-bond donors (Lipinski definition) is 1. The molecule has 0 saturated carbocycles. The molecule has 1 amide bonds. The van der Waals surface area contributed by atoms with Gasteiger partial charge in [-0.2, -0.15) is 4.31 Å². The summed E-state index contributed by atoms with van der Waals surface area (Å²) in [5.74, 6) is -0.525. The molecule has 1 N–H and O–H groups in total. The Balaban J connectivity index is 1.66. The van der Waals surface area contributed by atoms with Gasteiger partial charge < -0.3 is 14.8 Å². The molecule has 32 heavy (non-hydrogen) atoms. The molecule has 1 aliphatic rings. The number of amides is 1. The Labute approximate surface area is 189 Å². The van der Waals surface area contributed by atoms with E-state index in [2.05, 4.69) is 5.32 Å². The van der Waals surface area contributed by atoms with Gasteiger partial charge in [0, 0.05) is 23.5 Å². The van der Waals surface area contributed by atoms with Crippen LogP contribution in [0.5, 0.6) is 5.75 Å². The van der Waals surface area contributed by atoms with Crippen molar-refractivity contribution in [3.8, 4) is 5.75 Å². The van der Waals surface area contributed by atoms with E-state index in [0.29, 0.717) is 41.3 Å². The van der Waals surface area contributed by atoms with Gasteiger partial charge in [0.2, 0.25) is 10.0 Å². The molecule has 0 unspecified atom stereocenters. The lowest BCUT2D eigenvalue weighted by atomic mass is 10.1. The van der Waals surface area contributed by atoms with E-state index in [4.69, 9.17) is 9.47 Å². The number of thiophene rings is 1. The Bertz CT molecular complexity index is 1270. The van der Waals surface area contributed by atoms with Crippen molar-refractivity contribution in [1.82, 2.24) is 4.31 Å². The van der Waals surface area contributed by atoms with Crippen molar-refractivity contribution in [3.05, 3.63) is 52.7 Å². The zero-order chi connectivity index (χ0) is 22.9. The molecule has 4 rings (SSSR count). The maximum Gasteiger partial charge on any atom is 0.266 e. The highest BCUT2D eigenvalue weighted by molar-refractivity contribution is 7.89. The number of nitrogens with zero attached hydrogens (tertiary/aromatic N) is 1. The van der Waals surface area contributed by atoms with Gasteiger partial charge in [-0.3, -0.25) is 4.79 Å². The molecule has 2 heterocycles. The highest BCUT2D eigenvalue weighted by Gasteiger charge is 2.30. The third-order valence-corrected chi connectivity index (χ3v) is 8.39. The monoisotopic (exact) mass is 478 g/mol. The van der Waals surface area contributed by atoms with Gasteiger partial charge in [0.1, 0.15) is 16.5 Å². The highest BCUT2D eigenvalue weighted by Crippen LogP contribution is 2.33. The average Bonchev–Trinajstić information content (AvgIpc) is 3.11. The van der Waals surface area contributed by atoms with E-state index in [-0.39, 0.29) is 35.5 Å². The first-order valence-corrected chi connectivity index (χ1v) is 12.4. The fraction of sp³-hybridized carbons (Fsp3) is 0.318. The summed E-state index contributed by atoms with van der Waals surface area (Å²) in [5.41, 5.74) is 1.00. The maximum absolute atomic E-state index is 13.6. The van der Waals surface area contributed by atoms with Crippen LogP contribution in [0.4, 0.5) is 10.1 Å². The summed E-state index contributed by atoms with van der Waals surface area (Å²) in [6.07, 6.45) is 0. The number of hydrogen-bond acceptors (Lipinski definition) is 6. The molecule has 170 valence electrons. The second-order valence-corrected chi connectivity index (χ2v) is 10.2. The quantitative estimate of drug-likeness (QED) is 0.579. The molecule has 7 nitrogen and oxygen atoms in total. The van der Waals surface area contributed by atoms with Crippen molar-refractivity contribution >= 4 is 43.0 Å². The molecule has 1 fully saturated rings. The fourth-order valence-corrected chi connectivity index (χ4v) is 6.24. The van der Waals surface area contributed by atoms with Crippen molar-refractivity contribution in [1.29, 1.82) is 0 Å². The van der Waals surface area contributed by atoms with E-state index in [1.807, 2.05) is 0 Å². The molecule has 1 aliphatic heterocycles. The van der Waals surface area contributed by atoms with E-state index in [1.165, 1.54) is 33.8 Å². The number of morpholine rings is 1. The predicted molar refractivity (Wildman–Crippen MR) is 122 cm³/mol. The molecule has 10 heteroatoms. The molecule has 0 spiro atoms. The Morgan fingerprint density at radius 2 is 1.97 bits per heavy atom. The summed E-state index contributed by atoms with van der Waals surface area (Å²) in [7, 11) is -3.83. The summed E-state index contributed by atoms with van der Waals surface area (Å²) in [5, 5.41) is 3.46. The van der Waals surface area contributed by atoms with Crippen LogP contribution in [0.25, 0.3) is 10.1 Å². The summed E-state index contributed by atoms with van der Waals surface area (Å²) in [6.45, 7) is 4.99. The number of aryl methyl sites for hydroxylation is 1. The summed E-state index contributed by atoms with van der Waals surface area (Å²) in [4.78, 5) is 13.4. The number of ether oxygens (including phenoxy) is 2. The van der Waals surface area contributed by atoms with Crippen LogP contribution >= 0.6 is 11.3 Å². The van der Waals surface area contributed by atoms with Gasteiger partial charge >= 0.3 is 0 Å². The molecular weight excluding hydrogens is 455 g/mol. The number of carbonyl (C=O) groups is 1. The van der Waals surface area contributed by atoms with Gasteiger partial charge in [-0.25, -0.2) is 12.8 Å². The van der Waals surface area contributed by atoms with Crippen molar-refractivity contribution < 1.29 is 27.1 Å². The number of rotatable bonds is 6. The van der Waals surface area contributed by atoms with E-state index in [1.54, 1.807) is 32.0 Å². The van der Waals surface area contributed by atoms with Gasteiger partial charge in [-0.05, 0) is 61.2 Å². The minimum Gasteiger partial charge on any atom is -0.492 e. The van der Waals surface area contributed by atoms with Crippen LogP contribution in [0.1, 0.15) is 22.2 Å². The molecule has 0 bridgehead atoms. The van der Waals surface area contributed by atoms with E-state index in [9.17, 15) is 17.6 Å². The maximum atomic E-state index is 13.6. The Kier molecular flexibility index (Phi) is 6.47. The second kappa shape index (κ2) is 9.14. The Morgan fingerprint density at radius 3 is 2.69 bits per heavy atom. The van der Waals surface area contributed by atoms with Gasteiger partial charge in [0.05, 0.1) is 24.7 Å². The van der Waals surface area contributed by atoms with Crippen LogP contribution in [0.3, 0.4) is 0 Å². The Morgan fingerprint density at radius 1 is 1.22 bits per heavy atom.